The molecule has 0 amide bonds. The summed E-state index contributed by atoms with van der Waals surface area (Å²) in [5.74, 6) is 0. The first-order chi connectivity index (χ1) is 6.67. The molecule has 14 heavy (non-hydrogen) atoms. The lowest BCUT2D eigenvalue weighted by Crippen LogP contribution is -2.12. The zero-order chi connectivity index (χ0) is 10.6. The highest BCUT2D eigenvalue weighted by Crippen LogP contribution is 2.25. The molecule has 0 saturated carbocycles. The number of aromatic nitrogens is 1. The van der Waals surface area contributed by atoms with Crippen molar-refractivity contribution in [2.24, 2.45) is 0 Å². The molecule has 0 radical (unpaired) electrons. The summed E-state index contributed by atoms with van der Waals surface area (Å²) in [6.07, 6.45) is 2.06. The van der Waals surface area contributed by atoms with E-state index in [1.54, 1.807) is 11.8 Å². The van der Waals surface area contributed by atoms with Gasteiger partial charge < -0.3 is 5.32 Å². The quantitative estimate of drug-likeness (QED) is 0.889. The molecule has 0 aliphatic heterocycles. The molecule has 0 aromatic carbocycles. The number of anilines is 1. The van der Waals surface area contributed by atoms with Gasteiger partial charge in [-0.1, -0.05) is 29.9 Å². The number of nitrogens with zero attached hydrogens (tertiary/aromatic N) is 2. The summed E-state index contributed by atoms with van der Waals surface area (Å²) < 4.78 is 0. The Morgan fingerprint density at radius 2 is 2.50 bits per heavy atom. The second-order valence-electron chi connectivity index (χ2n) is 2.68. The molecule has 1 N–H and O–H groups in total. The Morgan fingerprint density at radius 3 is 3.00 bits per heavy atom. The van der Waals surface area contributed by atoms with Crippen molar-refractivity contribution in [3.05, 3.63) is 10.0 Å². The molecule has 1 aromatic rings. The number of halogens is 1. The van der Waals surface area contributed by atoms with Gasteiger partial charge in [-0.2, -0.15) is 17.0 Å². The topological polar surface area (TPSA) is 48.7 Å². The molecule has 1 rings (SSSR count). The summed E-state index contributed by atoms with van der Waals surface area (Å²) in [6, 6.07) is 2.00. The van der Waals surface area contributed by atoms with E-state index < -0.39 is 0 Å². The Hall–Kier alpha value is -0.440. The Kier molecular flexibility index (Phi) is 4.52. The van der Waals surface area contributed by atoms with Crippen LogP contribution in [0.1, 0.15) is 11.8 Å². The SMILES string of the molecule is CSC(C)CNc1nc(Cl)c(C#N)s1. The maximum atomic E-state index is 8.66. The molecule has 0 bridgehead atoms. The Balaban J connectivity index is 2.56. The minimum atomic E-state index is 0.289. The first-order valence-electron chi connectivity index (χ1n) is 4.00. The number of nitriles is 1. The van der Waals surface area contributed by atoms with Crippen molar-refractivity contribution < 1.29 is 0 Å². The third-order valence-corrected chi connectivity index (χ3v) is 3.91. The fraction of sp³-hybridized carbons (Fsp3) is 0.500. The molecule has 0 spiro atoms. The van der Waals surface area contributed by atoms with Gasteiger partial charge in [0, 0.05) is 11.8 Å². The average Bonchev–Trinajstić information content (AvgIpc) is 2.55. The predicted octanol–water partition coefficient (Wildman–Crippen LogP) is 2.83. The van der Waals surface area contributed by atoms with Crippen molar-refractivity contribution in [2.75, 3.05) is 18.1 Å². The van der Waals surface area contributed by atoms with Crippen LogP contribution >= 0.6 is 34.7 Å². The molecule has 1 atom stereocenters. The second kappa shape index (κ2) is 5.44. The van der Waals surface area contributed by atoms with E-state index in [1.165, 1.54) is 11.3 Å². The Morgan fingerprint density at radius 1 is 1.79 bits per heavy atom. The minimum Gasteiger partial charge on any atom is -0.360 e. The van der Waals surface area contributed by atoms with E-state index in [9.17, 15) is 0 Å². The maximum Gasteiger partial charge on any atom is 0.185 e. The van der Waals surface area contributed by atoms with Crippen LogP contribution in [0.2, 0.25) is 5.15 Å². The summed E-state index contributed by atoms with van der Waals surface area (Å²) in [5.41, 5.74) is 0. The van der Waals surface area contributed by atoms with Crippen molar-refractivity contribution in [1.82, 2.24) is 4.98 Å². The lowest BCUT2D eigenvalue weighted by atomic mass is 10.5. The fourth-order valence-electron chi connectivity index (χ4n) is 0.760. The van der Waals surface area contributed by atoms with Gasteiger partial charge in [0.1, 0.15) is 10.9 Å². The number of thiazole rings is 1. The van der Waals surface area contributed by atoms with Gasteiger partial charge in [0.25, 0.3) is 0 Å². The zero-order valence-corrected chi connectivity index (χ0v) is 10.3. The highest BCUT2D eigenvalue weighted by atomic mass is 35.5. The minimum absolute atomic E-state index is 0.289. The van der Waals surface area contributed by atoms with Crippen molar-refractivity contribution in [2.45, 2.75) is 12.2 Å². The molecule has 0 aliphatic carbocycles. The van der Waals surface area contributed by atoms with E-state index in [2.05, 4.69) is 23.5 Å². The molecule has 1 heterocycles. The van der Waals surface area contributed by atoms with E-state index in [-0.39, 0.29) is 5.15 Å². The third-order valence-electron chi connectivity index (χ3n) is 1.63. The predicted molar refractivity (Wildman–Crippen MR) is 63.3 cm³/mol. The van der Waals surface area contributed by atoms with Crippen LogP contribution in [-0.4, -0.2) is 23.0 Å². The molecule has 6 heteroatoms. The van der Waals surface area contributed by atoms with Crippen molar-refractivity contribution >= 4 is 39.8 Å². The summed E-state index contributed by atoms with van der Waals surface area (Å²) in [6.45, 7) is 2.95. The molecule has 0 aliphatic rings. The lowest BCUT2D eigenvalue weighted by molar-refractivity contribution is 0.999. The van der Waals surface area contributed by atoms with Gasteiger partial charge in [0.15, 0.2) is 10.3 Å². The van der Waals surface area contributed by atoms with Gasteiger partial charge >= 0.3 is 0 Å². The smallest absolute Gasteiger partial charge is 0.185 e. The van der Waals surface area contributed by atoms with E-state index in [4.69, 9.17) is 16.9 Å². The van der Waals surface area contributed by atoms with Gasteiger partial charge in [0.2, 0.25) is 0 Å². The standard InChI is InChI=1S/C8H10ClN3S2/c1-5(13-2)4-11-8-12-7(9)6(3-10)14-8/h5H,4H2,1-2H3,(H,11,12). The average molecular weight is 248 g/mol. The van der Waals surface area contributed by atoms with Crippen LogP contribution in [-0.2, 0) is 0 Å². The van der Waals surface area contributed by atoms with E-state index >= 15 is 0 Å². The van der Waals surface area contributed by atoms with Gasteiger partial charge in [-0.3, -0.25) is 0 Å². The van der Waals surface area contributed by atoms with Crippen LogP contribution in [0.15, 0.2) is 0 Å². The van der Waals surface area contributed by atoms with Crippen LogP contribution in [0.5, 0.6) is 0 Å². The number of nitrogens with one attached hydrogen (secondary N) is 1. The van der Waals surface area contributed by atoms with Gasteiger partial charge in [-0.15, -0.1) is 0 Å². The van der Waals surface area contributed by atoms with Crippen molar-refractivity contribution in [3.63, 3.8) is 0 Å². The highest BCUT2D eigenvalue weighted by molar-refractivity contribution is 7.99. The van der Waals surface area contributed by atoms with Gasteiger partial charge in [-0.05, 0) is 6.26 Å². The van der Waals surface area contributed by atoms with Gasteiger partial charge in [-0.25, -0.2) is 4.98 Å². The maximum absolute atomic E-state index is 8.66. The Bertz CT molecular complexity index is 345. The van der Waals surface area contributed by atoms with E-state index in [0.29, 0.717) is 15.3 Å². The van der Waals surface area contributed by atoms with E-state index in [1.807, 2.05) is 6.07 Å². The number of hydrogen-bond donors (Lipinski definition) is 1. The molecule has 1 unspecified atom stereocenters. The van der Waals surface area contributed by atoms with Gasteiger partial charge in [0.05, 0.1) is 0 Å². The first kappa shape index (κ1) is 11.6. The van der Waals surface area contributed by atoms with Crippen molar-refractivity contribution in [1.29, 1.82) is 5.26 Å². The summed E-state index contributed by atoms with van der Waals surface area (Å²) in [4.78, 5) is 4.49. The monoisotopic (exact) mass is 247 g/mol. The Labute approximate surface area is 96.5 Å². The van der Waals surface area contributed by atoms with Crippen molar-refractivity contribution in [3.8, 4) is 6.07 Å². The zero-order valence-electron chi connectivity index (χ0n) is 7.87. The van der Waals surface area contributed by atoms with Crippen LogP contribution in [0.4, 0.5) is 5.13 Å². The number of thioether (sulfide) groups is 1. The fourth-order valence-corrected chi connectivity index (χ4v) is 1.96. The van der Waals surface area contributed by atoms with Crippen LogP contribution in [0.25, 0.3) is 0 Å². The van der Waals surface area contributed by atoms with Crippen LogP contribution in [0, 0.1) is 11.3 Å². The third kappa shape index (κ3) is 3.05. The molecule has 1 aromatic heterocycles. The lowest BCUT2D eigenvalue weighted by Gasteiger charge is -2.07. The van der Waals surface area contributed by atoms with Crippen LogP contribution in [0.3, 0.4) is 0 Å². The molecule has 0 fully saturated rings. The summed E-state index contributed by atoms with van der Waals surface area (Å²) in [7, 11) is 0. The largest absolute Gasteiger partial charge is 0.360 e. The normalized spacial score (nSPS) is 12.1. The molecule has 3 nitrogen and oxygen atoms in total. The van der Waals surface area contributed by atoms with E-state index in [0.717, 1.165) is 6.54 Å². The summed E-state index contributed by atoms with van der Waals surface area (Å²) >= 11 is 8.79. The number of hydrogen-bond acceptors (Lipinski definition) is 5. The molecule has 0 saturated heterocycles. The molecule has 76 valence electrons. The second-order valence-corrected chi connectivity index (χ2v) is 5.31. The summed E-state index contributed by atoms with van der Waals surface area (Å²) in [5, 5.41) is 13.3. The highest BCUT2D eigenvalue weighted by Gasteiger charge is 2.08. The molecular weight excluding hydrogens is 238 g/mol. The number of rotatable bonds is 4. The van der Waals surface area contributed by atoms with Crippen LogP contribution < -0.4 is 5.32 Å². The first-order valence-corrected chi connectivity index (χ1v) is 6.48. The molecular formula is C8H10ClN3S2.